The number of anilines is 1. The maximum absolute atomic E-state index is 13.6. The van der Waals surface area contributed by atoms with Crippen molar-refractivity contribution in [2.45, 2.75) is 6.18 Å². The largest absolute Gasteiger partial charge is 0.435 e. The second kappa shape index (κ2) is 8.77. The Kier molecular flexibility index (Phi) is 6.13. The molecule has 9 nitrogen and oxygen atoms in total. The number of hydrogen-bond donors (Lipinski definition) is 2. The molecular weight excluding hydrogens is 424 g/mol. The van der Waals surface area contributed by atoms with E-state index in [-0.39, 0.29) is 30.2 Å². The molecule has 1 heterocycles. The van der Waals surface area contributed by atoms with Crippen molar-refractivity contribution in [2.75, 3.05) is 18.4 Å². The molecule has 0 aliphatic rings. The maximum Gasteiger partial charge on any atom is 0.435 e. The first-order valence-electron chi connectivity index (χ1n) is 8.73. The number of amides is 1. The van der Waals surface area contributed by atoms with Crippen LogP contribution in [0, 0.1) is 15.9 Å². The summed E-state index contributed by atoms with van der Waals surface area (Å²) in [6.45, 7) is -0.162. The van der Waals surface area contributed by atoms with Gasteiger partial charge in [-0.05, 0) is 24.3 Å². The molecule has 13 heteroatoms. The zero-order chi connectivity index (χ0) is 22.6. The first-order chi connectivity index (χ1) is 14.7. The molecule has 0 radical (unpaired) electrons. The van der Waals surface area contributed by atoms with Crippen LogP contribution in [0.4, 0.5) is 28.9 Å². The second-order valence-electron chi connectivity index (χ2n) is 6.13. The van der Waals surface area contributed by atoms with Crippen LogP contribution in [0.5, 0.6) is 0 Å². The van der Waals surface area contributed by atoms with Crippen LogP contribution in [0.3, 0.4) is 0 Å². The first-order valence-corrected chi connectivity index (χ1v) is 8.73. The molecule has 0 saturated heterocycles. The molecule has 3 rings (SSSR count). The standard InChI is InChI=1S/C18H14F4N6O3/c19-11-4-3-5-12(10-11)27-16(18(20,21)22)15(25-26-27)17(29)24-9-8-23-13-6-1-2-7-14(13)28(30)31/h1-7,10,23H,8-9H2,(H,24,29). The monoisotopic (exact) mass is 438 g/mol. The molecule has 0 fully saturated rings. The predicted molar refractivity (Wildman–Crippen MR) is 100 cm³/mol. The number of nitrogens with one attached hydrogen (secondary N) is 2. The van der Waals surface area contributed by atoms with Crippen LogP contribution in [-0.2, 0) is 6.18 Å². The number of hydrogen-bond acceptors (Lipinski definition) is 6. The van der Waals surface area contributed by atoms with Crippen molar-refractivity contribution in [1.29, 1.82) is 0 Å². The molecule has 0 saturated carbocycles. The van der Waals surface area contributed by atoms with Crippen molar-refractivity contribution in [3.63, 3.8) is 0 Å². The molecule has 2 N–H and O–H groups in total. The van der Waals surface area contributed by atoms with Crippen molar-refractivity contribution in [3.8, 4) is 5.69 Å². The van der Waals surface area contributed by atoms with Crippen molar-refractivity contribution in [2.24, 2.45) is 0 Å². The van der Waals surface area contributed by atoms with E-state index in [2.05, 4.69) is 20.9 Å². The number of carbonyl (C=O) groups excluding carboxylic acids is 1. The van der Waals surface area contributed by atoms with Crippen LogP contribution in [0.15, 0.2) is 48.5 Å². The fourth-order valence-electron chi connectivity index (χ4n) is 2.72. The van der Waals surface area contributed by atoms with Crippen molar-refractivity contribution in [3.05, 3.63) is 75.9 Å². The van der Waals surface area contributed by atoms with Gasteiger partial charge in [-0.2, -0.15) is 13.2 Å². The lowest BCUT2D eigenvalue weighted by molar-refractivity contribution is -0.384. The van der Waals surface area contributed by atoms with Crippen molar-refractivity contribution in [1.82, 2.24) is 20.3 Å². The van der Waals surface area contributed by atoms with Crippen LogP contribution < -0.4 is 10.6 Å². The third-order valence-corrected chi connectivity index (χ3v) is 4.03. The molecule has 0 unspecified atom stereocenters. The number of nitro groups is 1. The topological polar surface area (TPSA) is 115 Å². The molecule has 2 aromatic carbocycles. The van der Waals surface area contributed by atoms with Gasteiger partial charge >= 0.3 is 6.18 Å². The Balaban J connectivity index is 1.73. The van der Waals surface area contributed by atoms with E-state index < -0.39 is 34.2 Å². The number of alkyl halides is 3. The normalized spacial score (nSPS) is 11.2. The molecule has 0 bridgehead atoms. The van der Waals surface area contributed by atoms with Gasteiger partial charge in [-0.3, -0.25) is 14.9 Å². The minimum absolute atomic E-state index is 0.00399. The highest BCUT2D eigenvalue weighted by Crippen LogP contribution is 2.32. The molecule has 0 spiro atoms. The van der Waals surface area contributed by atoms with Crippen LogP contribution in [0.25, 0.3) is 5.69 Å². The van der Waals surface area contributed by atoms with Crippen molar-refractivity contribution >= 4 is 17.3 Å². The molecule has 162 valence electrons. The van der Waals surface area contributed by atoms with E-state index in [1.165, 1.54) is 30.3 Å². The summed E-state index contributed by atoms with van der Waals surface area (Å²) in [4.78, 5) is 22.6. The molecule has 0 atom stereocenters. The molecule has 1 amide bonds. The molecule has 0 aliphatic heterocycles. The van der Waals surface area contributed by atoms with Crippen molar-refractivity contribution < 1.29 is 27.3 Å². The Morgan fingerprint density at radius 1 is 1.13 bits per heavy atom. The number of nitrogens with zero attached hydrogens (tertiary/aromatic N) is 4. The summed E-state index contributed by atoms with van der Waals surface area (Å²) in [7, 11) is 0. The molecule has 3 aromatic rings. The summed E-state index contributed by atoms with van der Waals surface area (Å²) in [5, 5.41) is 22.6. The van der Waals surface area contributed by atoms with E-state index >= 15 is 0 Å². The average molecular weight is 438 g/mol. The number of aromatic nitrogens is 3. The number of benzene rings is 2. The Labute approximate surface area is 171 Å². The molecule has 0 aliphatic carbocycles. The van der Waals surface area contributed by atoms with Gasteiger partial charge < -0.3 is 10.6 Å². The zero-order valence-corrected chi connectivity index (χ0v) is 15.6. The van der Waals surface area contributed by atoms with E-state index in [0.717, 1.165) is 12.1 Å². The van der Waals surface area contributed by atoms with E-state index in [1.54, 1.807) is 6.07 Å². The molecule has 1 aromatic heterocycles. The fraction of sp³-hybridized carbons (Fsp3) is 0.167. The van der Waals surface area contributed by atoms with Gasteiger partial charge in [0.2, 0.25) is 0 Å². The Morgan fingerprint density at radius 2 is 1.87 bits per heavy atom. The molecule has 31 heavy (non-hydrogen) atoms. The highest BCUT2D eigenvalue weighted by Gasteiger charge is 2.42. The van der Waals surface area contributed by atoms with Crippen LogP contribution in [0.2, 0.25) is 0 Å². The fourth-order valence-corrected chi connectivity index (χ4v) is 2.72. The summed E-state index contributed by atoms with van der Waals surface area (Å²) >= 11 is 0. The number of carbonyl (C=O) groups is 1. The highest BCUT2D eigenvalue weighted by molar-refractivity contribution is 5.93. The maximum atomic E-state index is 13.6. The predicted octanol–water partition coefficient (Wildman–Crippen LogP) is 3.18. The number of para-hydroxylation sites is 2. The zero-order valence-electron chi connectivity index (χ0n) is 15.6. The van der Waals surface area contributed by atoms with Gasteiger partial charge in [0.1, 0.15) is 11.5 Å². The van der Waals surface area contributed by atoms with E-state index in [4.69, 9.17) is 0 Å². The number of rotatable bonds is 7. The lowest BCUT2D eigenvalue weighted by atomic mass is 10.2. The molecular formula is C18H14F4N6O3. The first kappa shape index (κ1) is 21.7. The van der Waals surface area contributed by atoms with Gasteiger partial charge in [-0.25, -0.2) is 9.07 Å². The van der Waals surface area contributed by atoms with Gasteiger partial charge in [-0.15, -0.1) is 5.10 Å². The number of nitro benzene ring substituents is 1. The summed E-state index contributed by atoms with van der Waals surface area (Å²) < 4.78 is 54.4. The Morgan fingerprint density at radius 3 is 2.55 bits per heavy atom. The Hall–Kier alpha value is -4.03. The lowest BCUT2D eigenvalue weighted by Crippen LogP contribution is -2.31. The van der Waals surface area contributed by atoms with Gasteiger partial charge in [0.15, 0.2) is 11.4 Å². The van der Waals surface area contributed by atoms with E-state index in [0.29, 0.717) is 4.68 Å². The van der Waals surface area contributed by atoms with Crippen LogP contribution >= 0.6 is 0 Å². The van der Waals surface area contributed by atoms with Gasteiger partial charge in [0.25, 0.3) is 11.6 Å². The van der Waals surface area contributed by atoms with E-state index in [1.807, 2.05) is 0 Å². The summed E-state index contributed by atoms with van der Waals surface area (Å²) in [6, 6.07) is 10.0. The lowest BCUT2D eigenvalue weighted by Gasteiger charge is -2.11. The third-order valence-electron chi connectivity index (χ3n) is 4.03. The van der Waals surface area contributed by atoms with Gasteiger partial charge in [-0.1, -0.05) is 23.4 Å². The van der Waals surface area contributed by atoms with Crippen LogP contribution in [-0.4, -0.2) is 38.9 Å². The van der Waals surface area contributed by atoms with E-state index in [9.17, 15) is 32.5 Å². The van der Waals surface area contributed by atoms with Gasteiger partial charge in [0.05, 0.1) is 10.6 Å². The average Bonchev–Trinajstić information content (AvgIpc) is 3.17. The smallest absolute Gasteiger partial charge is 0.378 e. The summed E-state index contributed by atoms with van der Waals surface area (Å²) in [6.07, 6.45) is -4.99. The summed E-state index contributed by atoms with van der Waals surface area (Å²) in [5.41, 5.74) is -2.69. The third kappa shape index (κ3) is 4.94. The minimum atomic E-state index is -4.99. The quantitative estimate of drug-likeness (QED) is 0.253. The Bertz CT molecular complexity index is 1120. The second-order valence-corrected chi connectivity index (χ2v) is 6.13. The number of halogens is 4. The SMILES string of the molecule is O=C(NCCNc1ccccc1[N+](=O)[O-])c1nnn(-c2cccc(F)c2)c1C(F)(F)F. The highest BCUT2D eigenvalue weighted by atomic mass is 19.4. The van der Waals surface area contributed by atoms with Gasteiger partial charge in [0, 0.05) is 19.2 Å². The minimum Gasteiger partial charge on any atom is -0.378 e. The van der Waals surface area contributed by atoms with Crippen LogP contribution in [0.1, 0.15) is 16.2 Å². The summed E-state index contributed by atoms with van der Waals surface area (Å²) in [5.74, 6) is -1.94.